The van der Waals surface area contributed by atoms with Crippen molar-refractivity contribution in [3.05, 3.63) is 23.3 Å². The van der Waals surface area contributed by atoms with E-state index in [0.717, 1.165) is 11.3 Å². The number of aliphatic hydroxyl groups excluding tert-OH is 1. The normalized spacial score (nSPS) is 18.4. The Labute approximate surface area is 101 Å². The van der Waals surface area contributed by atoms with E-state index < -0.39 is 9.84 Å². The van der Waals surface area contributed by atoms with Crippen molar-refractivity contribution in [1.82, 2.24) is 9.97 Å². The van der Waals surface area contributed by atoms with Crippen molar-refractivity contribution in [2.24, 2.45) is 0 Å². The van der Waals surface area contributed by atoms with E-state index in [1.807, 2.05) is 0 Å². The van der Waals surface area contributed by atoms with Crippen LogP contribution in [0.4, 0.5) is 0 Å². The highest BCUT2D eigenvalue weighted by Crippen LogP contribution is 2.15. The van der Waals surface area contributed by atoms with Gasteiger partial charge in [-0.3, -0.25) is 0 Å². The maximum absolute atomic E-state index is 11.5. The summed E-state index contributed by atoms with van der Waals surface area (Å²) in [4.78, 5) is 8.59. The lowest BCUT2D eigenvalue weighted by Gasteiger charge is -2.05. The number of aromatic nitrogens is 2. The van der Waals surface area contributed by atoms with Gasteiger partial charge in [-0.2, -0.15) is 0 Å². The molecule has 0 radical (unpaired) electrons. The zero-order valence-corrected chi connectivity index (χ0v) is 10.4. The van der Waals surface area contributed by atoms with Crippen molar-refractivity contribution in [2.45, 2.75) is 25.7 Å². The second-order valence-corrected chi connectivity index (χ2v) is 6.54. The molecule has 1 N–H and O–H groups in total. The van der Waals surface area contributed by atoms with Gasteiger partial charge in [-0.05, 0) is 18.4 Å². The van der Waals surface area contributed by atoms with Crippen LogP contribution in [0, 0.1) is 0 Å². The summed E-state index contributed by atoms with van der Waals surface area (Å²) in [5.41, 5.74) is 1.80. The van der Waals surface area contributed by atoms with E-state index in [4.69, 9.17) is 5.11 Å². The number of nitrogens with zero attached hydrogens (tertiary/aromatic N) is 2. The zero-order valence-electron chi connectivity index (χ0n) is 9.59. The van der Waals surface area contributed by atoms with Crippen LogP contribution in [-0.4, -0.2) is 41.6 Å². The van der Waals surface area contributed by atoms with Crippen LogP contribution in [0.1, 0.15) is 23.5 Å². The molecule has 0 amide bonds. The van der Waals surface area contributed by atoms with Gasteiger partial charge in [-0.1, -0.05) is 0 Å². The van der Waals surface area contributed by atoms with E-state index in [9.17, 15) is 8.42 Å². The maximum Gasteiger partial charge on any atom is 0.151 e. The SMILES string of the molecule is O=S1(=O)CCc2cnc(CCCO)nc2CC1. The van der Waals surface area contributed by atoms with E-state index in [1.54, 1.807) is 6.20 Å². The minimum atomic E-state index is -2.92. The predicted molar refractivity (Wildman–Crippen MR) is 63.5 cm³/mol. The van der Waals surface area contributed by atoms with Crippen LogP contribution in [0.15, 0.2) is 6.20 Å². The molecule has 1 aliphatic heterocycles. The number of hydrogen-bond donors (Lipinski definition) is 1. The molecule has 0 aliphatic carbocycles. The Kier molecular flexibility index (Phi) is 3.73. The number of aliphatic hydroxyl groups is 1. The summed E-state index contributed by atoms with van der Waals surface area (Å²) in [5, 5.41) is 8.74. The van der Waals surface area contributed by atoms with Crippen molar-refractivity contribution in [3.63, 3.8) is 0 Å². The molecule has 0 bridgehead atoms. The fourth-order valence-electron chi connectivity index (χ4n) is 1.89. The first-order chi connectivity index (χ1) is 8.11. The maximum atomic E-state index is 11.5. The average Bonchev–Trinajstić information content (AvgIpc) is 2.46. The summed E-state index contributed by atoms with van der Waals surface area (Å²) >= 11 is 0. The van der Waals surface area contributed by atoms with Gasteiger partial charge in [0.05, 0.1) is 11.5 Å². The minimum absolute atomic E-state index is 0.120. The molecule has 0 saturated carbocycles. The number of sulfone groups is 1. The van der Waals surface area contributed by atoms with Crippen LogP contribution in [0.3, 0.4) is 0 Å². The largest absolute Gasteiger partial charge is 0.396 e. The molecular weight excluding hydrogens is 240 g/mol. The second kappa shape index (κ2) is 5.10. The molecule has 6 heteroatoms. The molecule has 2 heterocycles. The summed E-state index contributed by atoms with van der Waals surface area (Å²) in [5.74, 6) is 1.06. The lowest BCUT2D eigenvalue weighted by Crippen LogP contribution is -2.10. The molecule has 1 aromatic rings. The molecule has 0 unspecified atom stereocenters. The third-order valence-electron chi connectivity index (χ3n) is 2.89. The van der Waals surface area contributed by atoms with Gasteiger partial charge >= 0.3 is 0 Å². The quantitative estimate of drug-likeness (QED) is 0.818. The molecule has 94 valence electrons. The molecule has 1 aromatic heterocycles. The first kappa shape index (κ1) is 12.4. The molecule has 0 aromatic carbocycles. The molecule has 0 atom stereocenters. The summed E-state index contributed by atoms with van der Waals surface area (Å²) in [7, 11) is -2.92. The Hall–Kier alpha value is -1.01. The van der Waals surface area contributed by atoms with E-state index in [0.29, 0.717) is 31.5 Å². The Balaban J connectivity index is 2.19. The lowest BCUT2D eigenvalue weighted by molar-refractivity contribution is 0.287. The fraction of sp³-hybridized carbons (Fsp3) is 0.636. The lowest BCUT2D eigenvalue weighted by atomic mass is 10.1. The highest BCUT2D eigenvalue weighted by molar-refractivity contribution is 7.91. The molecule has 2 rings (SSSR count). The van der Waals surface area contributed by atoms with Gasteiger partial charge < -0.3 is 5.11 Å². The minimum Gasteiger partial charge on any atom is -0.396 e. The smallest absolute Gasteiger partial charge is 0.151 e. The fourth-order valence-corrected chi connectivity index (χ4v) is 3.13. The standard InChI is InChI=1S/C11H16N2O3S/c14-5-1-2-11-12-8-9-3-6-17(15,16)7-4-10(9)13-11/h8,14H,1-7H2. The monoisotopic (exact) mass is 256 g/mol. The molecule has 0 fully saturated rings. The van der Waals surface area contributed by atoms with E-state index in [2.05, 4.69) is 9.97 Å². The highest BCUT2D eigenvalue weighted by atomic mass is 32.2. The Morgan fingerprint density at radius 1 is 1.29 bits per heavy atom. The zero-order chi connectivity index (χ0) is 12.3. The second-order valence-electron chi connectivity index (χ2n) is 4.24. The van der Waals surface area contributed by atoms with Crippen molar-refractivity contribution >= 4 is 9.84 Å². The molecule has 17 heavy (non-hydrogen) atoms. The first-order valence-corrected chi connectivity index (χ1v) is 7.58. The van der Waals surface area contributed by atoms with Crippen LogP contribution in [0.5, 0.6) is 0 Å². The summed E-state index contributed by atoms with van der Waals surface area (Å²) in [6.07, 6.45) is 3.99. The summed E-state index contributed by atoms with van der Waals surface area (Å²) in [6.45, 7) is 0.120. The molecule has 1 aliphatic rings. The third kappa shape index (κ3) is 3.23. The van der Waals surface area contributed by atoms with Crippen LogP contribution in [0.25, 0.3) is 0 Å². The topological polar surface area (TPSA) is 80.2 Å². The Morgan fingerprint density at radius 2 is 2.06 bits per heavy atom. The molecular formula is C11H16N2O3S. The number of rotatable bonds is 3. The van der Waals surface area contributed by atoms with Gasteiger partial charge in [0.25, 0.3) is 0 Å². The van der Waals surface area contributed by atoms with Gasteiger partial charge in [-0.25, -0.2) is 18.4 Å². The van der Waals surface area contributed by atoms with E-state index in [-0.39, 0.29) is 18.1 Å². The van der Waals surface area contributed by atoms with Crippen LogP contribution >= 0.6 is 0 Å². The number of aryl methyl sites for hydroxylation is 3. The predicted octanol–water partition coefficient (Wildman–Crippen LogP) is -0.0851. The van der Waals surface area contributed by atoms with Gasteiger partial charge in [0.15, 0.2) is 9.84 Å². The Bertz CT molecular complexity index is 499. The average molecular weight is 256 g/mol. The molecule has 0 spiro atoms. The van der Waals surface area contributed by atoms with Crippen molar-refractivity contribution < 1.29 is 13.5 Å². The van der Waals surface area contributed by atoms with E-state index >= 15 is 0 Å². The first-order valence-electron chi connectivity index (χ1n) is 5.76. The van der Waals surface area contributed by atoms with Crippen molar-refractivity contribution in [2.75, 3.05) is 18.1 Å². The molecule has 0 saturated heterocycles. The summed E-state index contributed by atoms with van der Waals surface area (Å²) in [6, 6.07) is 0. The Morgan fingerprint density at radius 3 is 2.82 bits per heavy atom. The summed E-state index contributed by atoms with van der Waals surface area (Å²) < 4.78 is 23.0. The van der Waals surface area contributed by atoms with Gasteiger partial charge in [-0.15, -0.1) is 0 Å². The van der Waals surface area contributed by atoms with Gasteiger partial charge in [0, 0.05) is 31.3 Å². The van der Waals surface area contributed by atoms with Crippen molar-refractivity contribution in [1.29, 1.82) is 0 Å². The van der Waals surface area contributed by atoms with Crippen molar-refractivity contribution in [3.8, 4) is 0 Å². The van der Waals surface area contributed by atoms with Gasteiger partial charge in [0.2, 0.25) is 0 Å². The van der Waals surface area contributed by atoms with Crippen LogP contribution < -0.4 is 0 Å². The highest BCUT2D eigenvalue weighted by Gasteiger charge is 2.19. The van der Waals surface area contributed by atoms with Gasteiger partial charge in [0.1, 0.15) is 5.82 Å². The number of fused-ring (bicyclic) bond motifs is 1. The van der Waals surface area contributed by atoms with Crippen LogP contribution in [0.2, 0.25) is 0 Å². The molecule has 5 nitrogen and oxygen atoms in total. The van der Waals surface area contributed by atoms with E-state index in [1.165, 1.54) is 0 Å². The number of hydrogen-bond acceptors (Lipinski definition) is 5. The van der Waals surface area contributed by atoms with Crippen LogP contribution in [-0.2, 0) is 29.1 Å². The third-order valence-corrected chi connectivity index (χ3v) is 4.55.